The Kier molecular flexibility index (Phi) is 6.29. The predicted octanol–water partition coefficient (Wildman–Crippen LogP) is 1.17. The van der Waals surface area contributed by atoms with Gasteiger partial charge in [-0.2, -0.15) is 0 Å². The second-order valence-corrected chi connectivity index (χ2v) is 9.21. The molecule has 3 aromatic rings. The fourth-order valence-corrected chi connectivity index (χ4v) is 5.24. The number of aliphatic hydroxyl groups excluding tert-OH is 1. The van der Waals surface area contributed by atoms with Crippen LogP contribution in [0.5, 0.6) is 0 Å². The van der Waals surface area contributed by atoms with Gasteiger partial charge in [-0.3, -0.25) is 19.3 Å². The van der Waals surface area contributed by atoms with E-state index in [0.29, 0.717) is 53.5 Å². The summed E-state index contributed by atoms with van der Waals surface area (Å²) >= 11 is 1.22. The highest BCUT2D eigenvalue weighted by molar-refractivity contribution is 7.13. The summed E-state index contributed by atoms with van der Waals surface area (Å²) in [7, 11) is 1.37. The number of imide groups is 1. The number of oxime groups is 1. The molecule has 1 saturated heterocycles. The molecule has 0 spiro atoms. The van der Waals surface area contributed by atoms with E-state index in [9.17, 15) is 19.5 Å². The molecule has 1 aromatic heterocycles. The van der Waals surface area contributed by atoms with Gasteiger partial charge in [0.1, 0.15) is 12.8 Å². The number of carbonyl (C=O) groups is 3. The second kappa shape index (κ2) is 9.55. The third kappa shape index (κ3) is 3.93. The first kappa shape index (κ1) is 23.7. The summed E-state index contributed by atoms with van der Waals surface area (Å²) in [4.78, 5) is 53.0. The number of thiazole rings is 1. The SMILES string of the molecule is CO/N=C(\C(=O)N1CCN(c2ccc3c4c(cccc24)C(=O)N(CCO)C3=O)CC1)c1csc(N)n1. The number of β-amino-alcohol motifs (C(OH)–C–C–N with tert-alkyl or cyclic N) is 1. The predicted molar refractivity (Wildman–Crippen MR) is 135 cm³/mol. The van der Waals surface area contributed by atoms with Gasteiger partial charge in [0.05, 0.1) is 13.2 Å². The quantitative estimate of drug-likeness (QED) is 0.287. The fourth-order valence-electron chi connectivity index (χ4n) is 4.69. The standard InChI is InChI=1S/C24H24N6O5S/c1-35-27-20(17-13-36-24(25)26-17)23(34)29-9-7-28(8-10-29)18-6-5-16-19-14(18)3-2-4-15(19)21(32)30(11-12-31)22(16)33/h2-6,13,31H,7-12H2,1H3,(H2,25,26)/b27-20-. The molecule has 3 amide bonds. The van der Waals surface area contributed by atoms with E-state index in [0.717, 1.165) is 16.0 Å². The number of aromatic nitrogens is 1. The van der Waals surface area contributed by atoms with E-state index in [1.165, 1.54) is 18.4 Å². The van der Waals surface area contributed by atoms with Crippen molar-refractivity contribution in [3.05, 3.63) is 52.5 Å². The molecule has 0 bridgehead atoms. The highest BCUT2D eigenvalue weighted by atomic mass is 32.1. The van der Waals surface area contributed by atoms with Gasteiger partial charge in [-0.25, -0.2) is 4.98 Å². The summed E-state index contributed by atoms with van der Waals surface area (Å²) in [6.07, 6.45) is 0. The van der Waals surface area contributed by atoms with Crippen LogP contribution in [-0.4, -0.2) is 89.8 Å². The van der Waals surface area contributed by atoms with Crippen molar-refractivity contribution in [2.75, 3.05) is 57.1 Å². The minimum Gasteiger partial charge on any atom is -0.398 e. The first-order valence-electron chi connectivity index (χ1n) is 11.3. The van der Waals surface area contributed by atoms with Crippen LogP contribution >= 0.6 is 11.3 Å². The molecule has 3 heterocycles. The maximum Gasteiger partial charge on any atom is 0.278 e. The molecule has 3 N–H and O–H groups in total. The molecule has 0 unspecified atom stereocenters. The van der Waals surface area contributed by atoms with Gasteiger partial charge in [0.2, 0.25) is 0 Å². The smallest absolute Gasteiger partial charge is 0.278 e. The molecule has 2 aliphatic rings. The number of hydrogen-bond acceptors (Lipinski definition) is 10. The van der Waals surface area contributed by atoms with Crippen molar-refractivity contribution >= 4 is 56.4 Å². The Hall–Kier alpha value is -4.03. The van der Waals surface area contributed by atoms with Crippen LogP contribution in [0.3, 0.4) is 0 Å². The van der Waals surface area contributed by atoms with Crippen LogP contribution in [0.25, 0.3) is 10.8 Å². The van der Waals surface area contributed by atoms with Crippen LogP contribution in [0.2, 0.25) is 0 Å². The number of hydrogen-bond donors (Lipinski definition) is 2. The zero-order valence-corrected chi connectivity index (χ0v) is 20.3. The van der Waals surface area contributed by atoms with Crippen LogP contribution < -0.4 is 10.6 Å². The first-order chi connectivity index (χ1) is 17.4. The minimum absolute atomic E-state index is 0.0485. The highest BCUT2D eigenvalue weighted by Crippen LogP contribution is 2.36. The van der Waals surface area contributed by atoms with Crippen molar-refractivity contribution in [2.45, 2.75) is 0 Å². The van der Waals surface area contributed by atoms with Gasteiger partial charge in [0.25, 0.3) is 17.7 Å². The van der Waals surface area contributed by atoms with Crippen molar-refractivity contribution in [2.24, 2.45) is 5.16 Å². The molecule has 0 atom stereocenters. The van der Waals surface area contributed by atoms with Crippen molar-refractivity contribution in [3.63, 3.8) is 0 Å². The third-order valence-corrected chi connectivity index (χ3v) is 7.02. The first-order valence-corrected chi connectivity index (χ1v) is 12.2. The van der Waals surface area contributed by atoms with E-state index >= 15 is 0 Å². The Balaban J connectivity index is 1.40. The van der Waals surface area contributed by atoms with E-state index in [1.54, 1.807) is 28.5 Å². The zero-order valence-electron chi connectivity index (χ0n) is 19.5. The second-order valence-electron chi connectivity index (χ2n) is 8.32. The minimum atomic E-state index is -0.410. The van der Waals surface area contributed by atoms with Crippen molar-refractivity contribution in [3.8, 4) is 0 Å². The molecule has 0 saturated carbocycles. The monoisotopic (exact) mass is 508 g/mol. The molecule has 11 nitrogen and oxygen atoms in total. The highest BCUT2D eigenvalue weighted by Gasteiger charge is 2.34. The number of benzene rings is 2. The number of aliphatic hydroxyl groups is 1. The molecule has 1 fully saturated rings. The Morgan fingerprint density at radius 2 is 1.86 bits per heavy atom. The largest absolute Gasteiger partial charge is 0.398 e. The van der Waals surface area contributed by atoms with Crippen LogP contribution in [0.4, 0.5) is 10.8 Å². The van der Waals surface area contributed by atoms with Crippen LogP contribution in [0.15, 0.2) is 40.9 Å². The number of nitrogens with zero attached hydrogens (tertiary/aromatic N) is 5. The van der Waals surface area contributed by atoms with Gasteiger partial charge in [-0.1, -0.05) is 17.3 Å². The molecule has 186 valence electrons. The van der Waals surface area contributed by atoms with E-state index < -0.39 is 11.8 Å². The number of anilines is 2. The van der Waals surface area contributed by atoms with Gasteiger partial charge in [0, 0.05) is 59.1 Å². The molecule has 5 rings (SSSR count). The zero-order chi connectivity index (χ0) is 25.4. The van der Waals surface area contributed by atoms with E-state index in [1.807, 2.05) is 12.1 Å². The molecule has 2 aromatic carbocycles. The molecular formula is C24H24N6O5S. The summed E-state index contributed by atoms with van der Waals surface area (Å²) in [5.41, 5.74) is 7.96. The number of nitrogens with two attached hydrogens (primary N) is 1. The van der Waals surface area contributed by atoms with Crippen molar-refractivity contribution < 1.29 is 24.3 Å². The molecule has 0 radical (unpaired) electrons. The van der Waals surface area contributed by atoms with E-state index in [2.05, 4.69) is 15.0 Å². The maximum atomic E-state index is 13.2. The summed E-state index contributed by atoms with van der Waals surface area (Å²) in [5.74, 6) is -1.11. The molecule has 36 heavy (non-hydrogen) atoms. The van der Waals surface area contributed by atoms with Crippen LogP contribution in [-0.2, 0) is 9.63 Å². The fraction of sp³-hybridized carbons (Fsp3) is 0.292. The Labute approximate surface area is 210 Å². The summed E-state index contributed by atoms with van der Waals surface area (Å²) < 4.78 is 0. The lowest BCUT2D eigenvalue weighted by molar-refractivity contribution is -0.124. The number of amides is 3. The summed E-state index contributed by atoms with van der Waals surface area (Å²) in [6.45, 7) is 1.62. The van der Waals surface area contributed by atoms with E-state index in [4.69, 9.17) is 10.6 Å². The number of piperazine rings is 1. The third-order valence-electron chi connectivity index (χ3n) is 6.35. The lowest BCUT2D eigenvalue weighted by Crippen LogP contribution is -2.51. The summed E-state index contributed by atoms with van der Waals surface area (Å²) in [5, 5.41) is 16.6. The average molecular weight is 509 g/mol. The van der Waals surface area contributed by atoms with Crippen LogP contribution in [0.1, 0.15) is 26.4 Å². The Morgan fingerprint density at radius 1 is 1.14 bits per heavy atom. The van der Waals surface area contributed by atoms with E-state index in [-0.39, 0.29) is 24.8 Å². The Bertz CT molecular complexity index is 1370. The van der Waals surface area contributed by atoms with Crippen molar-refractivity contribution in [1.29, 1.82) is 0 Å². The summed E-state index contributed by atoms with van der Waals surface area (Å²) in [6, 6.07) is 9.00. The number of rotatable bonds is 6. The lowest BCUT2D eigenvalue weighted by atomic mass is 9.92. The number of carbonyl (C=O) groups excluding carboxylic acids is 3. The molecular weight excluding hydrogens is 484 g/mol. The number of nitrogen functional groups attached to an aromatic ring is 1. The molecule has 12 heteroatoms. The van der Waals surface area contributed by atoms with Gasteiger partial charge >= 0.3 is 0 Å². The topological polar surface area (TPSA) is 142 Å². The van der Waals surface area contributed by atoms with Gasteiger partial charge in [-0.15, -0.1) is 11.3 Å². The van der Waals surface area contributed by atoms with Crippen LogP contribution in [0, 0.1) is 0 Å². The van der Waals surface area contributed by atoms with Gasteiger partial charge in [-0.05, 0) is 18.2 Å². The van der Waals surface area contributed by atoms with Gasteiger partial charge in [0.15, 0.2) is 10.8 Å². The lowest BCUT2D eigenvalue weighted by Gasteiger charge is -2.37. The normalized spacial score (nSPS) is 16.2. The maximum absolute atomic E-state index is 13.2. The van der Waals surface area contributed by atoms with Gasteiger partial charge < -0.3 is 25.5 Å². The average Bonchev–Trinajstić information content (AvgIpc) is 3.33. The van der Waals surface area contributed by atoms with Crippen molar-refractivity contribution in [1.82, 2.24) is 14.8 Å². The molecule has 0 aliphatic carbocycles. The molecule has 2 aliphatic heterocycles. The Morgan fingerprint density at radius 3 is 2.50 bits per heavy atom.